The number of nitrogens with one attached hydrogen (secondary N) is 1. The quantitative estimate of drug-likeness (QED) is 0.622. The summed E-state index contributed by atoms with van der Waals surface area (Å²) in [5.41, 5.74) is 1.13. The van der Waals surface area contributed by atoms with Crippen LogP contribution < -0.4 is 5.32 Å². The molecular weight excluding hydrogens is 138 g/mol. The second-order valence-corrected chi connectivity index (χ2v) is 2.23. The molecule has 0 aromatic heterocycles. The van der Waals surface area contributed by atoms with Gasteiger partial charge < -0.3 is 10.4 Å². The van der Waals surface area contributed by atoms with Crippen molar-refractivity contribution in [1.82, 2.24) is 5.32 Å². The van der Waals surface area contributed by atoms with E-state index in [-0.39, 0.29) is 6.61 Å². The number of aliphatic hydroxyl groups excluding tert-OH is 1. The molecule has 2 N–H and O–H groups in total. The van der Waals surface area contributed by atoms with Crippen LogP contribution in [-0.2, 0) is 0 Å². The maximum Gasteiger partial charge on any atom is 0.0556 e. The van der Waals surface area contributed by atoms with E-state index in [0.29, 0.717) is 6.54 Å². The highest BCUT2D eigenvalue weighted by molar-refractivity contribution is 5.21. The Morgan fingerprint density at radius 3 is 2.64 bits per heavy atom. The van der Waals surface area contributed by atoms with E-state index in [9.17, 15) is 0 Å². The third-order valence-electron chi connectivity index (χ3n) is 1.32. The first-order valence-electron chi connectivity index (χ1n) is 3.66. The zero-order valence-electron chi connectivity index (χ0n) is 6.33. The Balaban J connectivity index is 2.28. The van der Waals surface area contributed by atoms with E-state index < -0.39 is 0 Å². The van der Waals surface area contributed by atoms with E-state index in [4.69, 9.17) is 5.11 Å². The van der Waals surface area contributed by atoms with Gasteiger partial charge in [-0.15, -0.1) is 0 Å². The lowest BCUT2D eigenvalue weighted by Crippen LogP contribution is -2.15. The van der Waals surface area contributed by atoms with Crippen LogP contribution in [0.5, 0.6) is 0 Å². The van der Waals surface area contributed by atoms with E-state index in [0.717, 1.165) is 5.56 Å². The van der Waals surface area contributed by atoms with Crippen molar-refractivity contribution in [2.45, 2.75) is 0 Å². The molecular formula is C9H12NO. The third kappa shape index (κ3) is 3.16. The van der Waals surface area contributed by atoms with Crippen molar-refractivity contribution in [3.8, 4) is 0 Å². The highest BCUT2D eigenvalue weighted by Crippen LogP contribution is 1.97. The van der Waals surface area contributed by atoms with Gasteiger partial charge in [0.1, 0.15) is 0 Å². The minimum atomic E-state index is 0.170. The average molecular weight is 150 g/mol. The zero-order valence-corrected chi connectivity index (χ0v) is 6.33. The van der Waals surface area contributed by atoms with Crippen molar-refractivity contribution < 1.29 is 5.11 Å². The lowest BCUT2D eigenvalue weighted by atomic mass is 10.2. The molecule has 0 aliphatic rings. The van der Waals surface area contributed by atoms with Crippen LogP contribution in [-0.4, -0.2) is 18.3 Å². The van der Waals surface area contributed by atoms with Crippen LogP contribution in [0.3, 0.4) is 0 Å². The van der Waals surface area contributed by atoms with Crippen molar-refractivity contribution in [3.63, 3.8) is 0 Å². The Kier molecular flexibility index (Phi) is 3.65. The van der Waals surface area contributed by atoms with Gasteiger partial charge in [0.25, 0.3) is 0 Å². The summed E-state index contributed by atoms with van der Waals surface area (Å²) in [6.45, 7) is 2.66. The molecule has 0 aliphatic carbocycles. The molecule has 0 heterocycles. The Morgan fingerprint density at radius 2 is 2.00 bits per heavy atom. The van der Waals surface area contributed by atoms with Crippen LogP contribution in [0.2, 0.25) is 0 Å². The van der Waals surface area contributed by atoms with Crippen LogP contribution in [0.25, 0.3) is 0 Å². The van der Waals surface area contributed by atoms with E-state index in [1.54, 1.807) is 0 Å². The molecule has 0 spiro atoms. The Labute approximate surface area is 66.9 Å². The van der Waals surface area contributed by atoms with Crippen molar-refractivity contribution in [1.29, 1.82) is 0 Å². The molecule has 0 unspecified atom stereocenters. The van der Waals surface area contributed by atoms with Gasteiger partial charge in [0.15, 0.2) is 0 Å². The Bertz CT molecular complexity index is 186. The average Bonchev–Trinajstić information content (AvgIpc) is 2.07. The van der Waals surface area contributed by atoms with E-state index in [2.05, 4.69) is 5.32 Å². The van der Waals surface area contributed by atoms with Crippen LogP contribution in [0.4, 0.5) is 0 Å². The summed E-state index contributed by atoms with van der Waals surface area (Å²) in [4.78, 5) is 0. The molecule has 2 heteroatoms. The molecule has 0 atom stereocenters. The summed E-state index contributed by atoms with van der Waals surface area (Å²) in [5, 5.41) is 11.4. The molecule has 0 saturated heterocycles. The van der Waals surface area contributed by atoms with Crippen LogP contribution in [0.15, 0.2) is 30.3 Å². The highest BCUT2D eigenvalue weighted by Gasteiger charge is 1.88. The smallest absolute Gasteiger partial charge is 0.0556 e. The predicted molar refractivity (Wildman–Crippen MR) is 44.9 cm³/mol. The summed E-state index contributed by atoms with van der Waals surface area (Å²) in [5.74, 6) is 0. The first-order chi connectivity index (χ1) is 5.43. The van der Waals surface area contributed by atoms with E-state index >= 15 is 0 Å². The minimum absolute atomic E-state index is 0.170. The van der Waals surface area contributed by atoms with Crippen molar-refractivity contribution >= 4 is 0 Å². The number of hydrogen-bond acceptors (Lipinski definition) is 2. The van der Waals surface area contributed by atoms with Crippen LogP contribution >= 0.6 is 0 Å². The molecule has 2 nitrogen and oxygen atoms in total. The molecule has 59 valence electrons. The van der Waals surface area contributed by atoms with Crippen LogP contribution in [0.1, 0.15) is 5.56 Å². The van der Waals surface area contributed by atoms with Gasteiger partial charge in [0.05, 0.1) is 13.2 Å². The lowest BCUT2D eigenvalue weighted by molar-refractivity contribution is 0.297. The first kappa shape index (κ1) is 8.24. The summed E-state index contributed by atoms with van der Waals surface area (Å²) >= 11 is 0. The number of hydrogen-bond donors (Lipinski definition) is 2. The molecule has 0 saturated carbocycles. The zero-order chi connectivity index (χ0) is 7.94. The maximum atomic E-state index is 8.46. The van der Waals surface area contributed by atoms with Crippen molar-refractivity contribution in [2.75, 3.05) is 13.2 Å². The molecule has 11 heavy (non-hydrogen) atoms. The number of benzene rings is 1. The van der Waals surface area contributed by atoms with Crippen LogP contribution in [0, 0.1) is 6.54 Å². The lowest BCUT2D eigenvalue weighted by Gasteiger charge is -2.00. The number of aliphatic hydroxyl groups is 1. The van der Waals surface area contributed by atoms with E-state index in [1.807, 2.05) is 36.9 Å². The van der Waals surface area contributed by atoms with E-state index in [1.165, 1.54) is 0 Å². The SMILES string of the molecule is OCCN[CH]c1ccccc1. The predicted octanol–water partition coefficient (Wildman–Crippen LogP) is 0.778. The van der Waals surface area contributed by atoms with Crippen molar-refractivity contribution in [2.24, 2.45) is 0 Å². The Morgan fingerprint density at radius 1 is 1.27 bits per heavy atom. The third-order valence-corrected chi connectivity index (χ3v) is 1.32. The van der Waals surface area contributed by atoms with Gasteiger partial charge in [-0.1, -0.05) is 30.3 Å². The van der Waals surface area contributed by atoms with Gasteiger partial charge in [-0.2, -0.15) is 0 Å². The number of rotatable bonds is 4. The molecule has 1 rings (SSSR count). The standard InChI is InChI=1S/C9H12NO/c11-7-6-10-8-9-4-2-1-3-5-9/h1-5,8,10-11H,6-7H2. The monoisotopic (exact) mass is 150 g/mol. The fraction of sp³-hybridized carbons (Fsp3) is 0.222. The molecule has 1 aromatic rings. The van der Waals surface area contributed by atoms with Gasteiger partial charge in [-0.25, -0.2) is 0 Å². The summed E-state index contributed by atoms with van der Waals surface area (Å²) in [6.07, 6.45) is 0. The first-order valence-corrected chi connectivity index (χ1v) is 3.66. The topological polar surface area (TPSA) is 32.3 Å². The molecule has 0 amide bonds. The normalized spacial score (nSPS) is 9.91. The Hall–Kier alpha value is -0.860. The minimum Gasteiger partial charge on any atom is -0.395 e. The summed E-state index contributed by atoms with van der Waals surface area (Å²) in [6, 6.07) is 9.94. The largest absolute Gasteiger partial charge is 0.395 e. The second kappa shape index (κ2) is 4.88. The fourth-order valence-corrected chi connectivity index (χ4v) is 0.804. The summed E-state index contributed by atoms with van der Waals surface area (Å²) in [7, 11) is 0. The van der Waals surface area contributed by atoms with Gasteiger partial charge in [0.2, 0.25) is 0 Å². The molecule has 0 aliphatic heterocycles. The second-order valence-electron chi connectivity index (χ2n) is 2.23. The van der Waals surface area contributed by atoms with Gasteiger partial charge in [0, 0.05) is 6.54 Å². The maximum absolute atomic E-state index is 8.46. The summed E-state index contributed by atoms with van der Waals surface area (Å²) < 4.78 is 0. The fourth-order valence-electron chi connectivity index (χ4n) is 0.804. The highest BCUT2D eigenvalue weighted by atomic mass is 16.3. The molecule has 0 bridgehead atoms. The molecule has 1 radical (unpaired) electrons. The van der Waals surface area contributed by atoms with Gasteiger partial charge in [-0.05, 0) is 5.56 Å². The van der Waals surface area contributed by atoms with Gasteiger partial charge >= 0.3 is 0 Å². The molecule has 0 fully saturated rings. The van der Waals surface area contributed by atoms with Crippen molar-refractivity contribution in [3.05, 3.63) is 42.4 Å². The molecule has 1 aromatic carbocycles. The van der Waals surface area contributed by atoms with Gasteiger partial charge in [-0.3, -0.25) is 0 Å².